The highest BCUT2D eigenvalue weighted by atomic mass is 31.1. The number of aliphatic hydroxyl groups is 2. The van der Waals surface area contributed by atoms with Crippen molar-refractivity contribution in [3.63, 3.8) is 0 Å². The summed E-state index contributed by atoms with van der Waals surface area (Å²) in [4.78, 5) is 13.5. The van der Waals surface area contributed by atoms with Gasteiger partial charge in [0, 0.05) is 27.8 Å². The lowest BCUT2D eigenvalue weighted by Gasteiger charge is -2.30. The maximum atomic E-state index is 11.9. The van der Waals surface area contributed by atoms with E-state index in [1.54, 1.807) is 18.7 Å². The Hall–Kier alpha value is -2.72. The molecule has 1 amide bonds. The van der Waals surface area contributed by atoms with Gasteiger partial charge in [-0.15, -0.1) is 0 Å². The number of nitrogens with zero attached hydrogens (tertiary/aromatic N) is 1. The lowest BCUT2D eigenvalue weighted by Crippen LogP contribution is -2.40. The Kier molecular flexibility index (Phi) is 5.37. The van der Waals surface area contributed by atoms with Crippen molar-refractivity contribution in [3.8, 4) is 0 Å². The number of carbonyl (C=O) groups excluding carboxylic acids is 1. The van der Waals surface area contributed by atoms with Crippen molar-refractivity contribution in [2.24, 2.45) is 5.73 Å². The van der Waals surface area contributed by atoms with Gasteiger partial charge in [0.25, 0.3) is 0 Å². The van der Waals surface area contributed by atoms with Crippen LogP contribution in [0.2, 0.25) is 0 Å². The van der Waals surface area contributed by atoms with E-state index < -0.39 is 25.9 Å². The van der Waals surface area contributed by atoms with E-state index in [1.807, 2.05) is 48.5 Å². The maximum Gasteiger partial charge on any atom is 0.249 e. The van der Waals surface area contributed by atoms with Crippen molar-refractivity contribution in [1.82, 2.24) is 0 Å². The SMILES string of the molecule is CC[P+]1=C(c2ccc(N(C(C)O)C(C)O)cc2)c2ccc(C(N)=O)c3cccc1c23. The number of benzene rings is 3. The van der Waals surface area contributed by atoms with Crippen LogP contribution in [0.3, 0.4) is 0 Å². The van der Waals surface area contributed by atoms with Crippen LogP contribution in [0.25, 0.3) is 10.8 Å². The molecule has 4 rings (SSSR count). The quantitative estimate of drug-likeness (QED) is 0.422. The number of hydrogen-bond acceptors (Lipinski definition) is 4. The molecular formula is C24H26N2O3P+. The molecule has 0 fully saturated rings. The molecule has 0 radical (unpaired) electrons. The molecule has 1 aliphatic heterocycles. The molecular weight excluding hydrogens is 395 g/mol. The fourth-order valence-corrected chi connectivity index (χ4v) is 7.08. The summed E-state index contributed by atoms with van der Waals surface area (Å²) in [6.45, 7) is 5.47. The number of aliphatic hydroxyl groups excluding tert-OH is 2. The fraction of sp³-hybridized carbons (Fsp3) is 0.250. The molecule has 0 saturated carbocycles. The minimum atomic E-state index is -0.798. The first kappa shape index (κ1) is 20.5. The third kappa shape index (κ3) is 3.20. The normalized spacial score (nSPS) is 16.0. The molecule has 154 valence electrons. The van der Waals surface area contributed by atoms with Gasteiger partial charge in [0.1, 0.15) is 26.2 Å². The molecule has 4 N–H and O–H groups in total. The molecule has 0 aromatic heterocycles. The van der Waals surface area contributed by atoms with Crippen molar-refractivity contribution < 1.29 is 15.0 Å². The zero-order chi connectivity index (χ0) is 21.6. The number of primary amides is 1. The highest BCUT2D eigenvalue weighted by Crippen LogP contribution is 2.42. The van der Waals surface area contributed by atoms with Crippen molar-refractivity contribution in [3.05, 3.63) is 71.3 Å². The van der Waals surface area contributed by atoms with Gasteiger partial charge in [0.15, 0.2) is 10.6 Å². The molecule has 1 aliphatic rings. The van der Waals surface area contributed by atoms with E-state index in [0.717, 1.165) is 33.7 Å². The van der Waals surface area contributed by atoms with Crippen LogP contribution in [0.1, 0.15) is 42.3 Å². The van der Waals surface area contributed by atoms with E-state index in [2.05, 4.69) is 13.0 Å². The number of rotatable bonds is 6. The first-order valence-corrected chi connectivity index (χ1v) is 11.6. The summed E-state index contributed by atoms with van der Waals surface area (Å²) in [7, 11) is -0.557. The second-order valence-corrected chi connectivity index (χ2v) is 9.95. The van der Waals surface area contributed by atoms with E-state index in [0.29, 0.717) is 5.56 Å². The molecule has 0 aliphatic carbocycles. The number of anilines is 1. The van der Waals surface area contributed by atoms with Gasteiger partial charge in [-0.3, -0.25) is 4.79 Å². The van der Waals surface area contributed by atoms with Gasteiger partial charge in [-0.2, -0.15) is 0 Å². The average molecular weight is 421 g/mol. The van der Waals surface area contributed by atoms with E-state index in [9.17, 15) is 15.0 Å². The average Bonchev–Trinajstić information content (AvgIpc) is 3.03. The third-order valence-electron chi connectivity index (χ3n) is 5.66. The summed E-state index contributed by atoms with van der Waals surface area (Å²) < 4.78 is 0. The second kappa shape index (κ2) is 7.84. The van der Waals surface area contributed by atoms with Crippen LogP contribution in [0.4, 0.5) is 5.69 Å². The van der Waals surface area contributed by atoms with Crippen molar-refractivity contribution in [2.45, 2.75) is 33.2 Å². The van der Waals surface area contributed by atoms with E-state index in [1.165, 1.54) is 10.6 Å². The predicted molar refractivity (Wildman–Crippen MR) is 125 cm³/mol. The highest BCUT2D eigenvalue weighted by molar-refractivity contribution is 7.68. The molecule has 6 heteroatoms. The van der Waals surface area contributed by atoms with Crippen LogP contribution in [0, 0.1) is 0 Å². The number of carbonyl (C=O) groups is 1. The Morgan fingerprint density at radius 3 is 2.27 bits per heavy atom. The van der Waals surface area contributed by atoms with Gasteiger partial charge in [0.2, 0.25) is 5.91 Å². The molecule has 0 bridgehead atoms. The van der Waals surface area contributed by atoms with Crippen molar-refractivity contribution >= 4 is 40.5 Å². The fourth-order valence-electron chi connectivity index (χ4n) is 4.47. The summed E-state index contributed by atoms with van der Waals surface area (Å²) in [6.07, 6.45) is -0.597. The molecule has 3 unspecified atom stereocenters. The Labute approximate surface area is 177 Å². The lowest BCUT2D eigenvalue weighted by molar-refractivity contribution is 0.100. The van der Waals surface area contributed by atoms with Gasteiger partial charge in [-0.05, 0) is 68.6 Å². The number of hydrogen-bond donors (Lipinski definition) is 3. The molecule has 5 nitrogen and oxygen atoms in total. The molecule has 30 heavy (non-hydrogen) atoms. The first-order valence-electron chi connectivity index (χ1n) is 10.1. The zero-order valence-electron chi connectivity index (χ0n) is 17.3. The summed E-state index contributed by atoms with van der Waals surface area (Å²) in [5.41, 5.74) is 9.22. The van der Waals surface area contributed by atoms with Gasteiger partial charge < -0.3 is 20.8 Å². The number of nitrogens with two attached hydrogens (primary N) is 1. The van der Waals surface area contributed by atoms with Crippen LogP contribution >= 0.6 is 7.55 Å². The monoisotopic (exact) mass is 421 g/mol. The standard InChI is InChI=1S/C24H25N2O3P/c1-4-30-21-7-5-6-18-19(24(25)29)12-13-20(22(18)21)23(30)16-8-10-17(11-9-16)26(14(2)27)15(3)28/h5-15,27-28H,4H2,1-3H3,(H-,25,29)/p+1. The summed E-state index contributed by atoms with van der Waals surface area (Å²) in [5, 5.41) is 24.7. The van der Waals surface area contributed by atoms with Gasteiger partial charge in [0.05, 0.1) is 0 Å². The molecule has 3 aromatic carbocycles. The van der Waals surface area contributed by atoms with Crippen molar-refractivity contribution in [2.75, 3.05) is 11.1 Å². The van der Waals surface area contributed by atoms with Crippen molar-refractivity contribution in [1.29, 1.82) is 0 Å². The van der Waals surface area contributed by atoms with Gasteiger partial charge in [-0.25, -0.2) is 0 Å². The van der Waals surface area contributed by atoms with Crippen LogP contribution in [0.15, 0.2) is 54.6 Å². The molecule has 3 aromatic rings. The Morgan fingerprint density at radius 1 is 1.03 bits per heavy atom. The van der Waals surface area contributed by atoms with Crippen LogP contribution in [-0.2, 0) is 0 Å². The van der Waals surface area contributed by atoms with Gasteiger partial charge in [-0.1, -0.05) is 12.1 Å². The topological polar surface area (TPSA) is 86.8 Å². The highest BCUT2D eigenvalue weighted by Gasteiger charge is 2.35. The Bertz CT molecular complexity index is 1160. The molecule has 1 heterocycles. The van der Waals surface area contributed by atoms with Crippen LogP contribution in [0.5, 0.6) is 0 Å². The summed E-state index contributed by atoms with van der Waals surface area (Å²) in [5.74, 6) is -0.409. The van der Waals surface area contributed by atoms with E-state index in [4.69, 9.17) is 5.73 Å². The van der Waals surface area contributed by atoms with Gasteiger partial charge >= 0.3 is 0 Å². The largest absolute Gasteiger partial charge is 0.374 e. The minimum absolute atomic E-state index is 0.409. The lowest BCUT2D eigenvalue weighted by atomic mass is 9.95. The Balaban J connectivity index is 1.87. The summed E-state index contributed by atoms with van der Waals surface area (Å²) in [6, 6.07) is 18.0. The first-order chi connectivity index (χ1) is 14.3. The zero-order valence-corrected chi connectivity index (χ0v) is 18.2. The molecule has 3 atom stereocenters. The maximum absolute atomic E-state index is 11.9. The molecule has 0 saturated heterocycles. The molecule has 0 spiro atoms. The summed E-state index contributed by atoms with van der Waals surface area (Å²) >= 11 is 0. The predicted octanol–water partition coefficient (Wildman–Crippen LogP) is 3.13. The second-order valence-electron chi connectivity index (χ2n) is 7.54. The third-order valence-corrected chi connectivity index (χ3v) is 8.29. The minimum Gasteiger partial charge on any atom is -0.374 e. The Morgan fingerprint density at radius 2 is 1.70 bits per heavy atom. The van der Waals surface area contributed by atoms with Crippen LogP contribution < -0.4 is 15.9 Å². The smallest absolute Gasteiger partial charge is 0.249 e. The number of amides is 1. The van der Waals surface area contributed by atoms with Crippen LogP contribution in [-0.4, -0.2) is 40.0 Å². The van der Waals surface area contributed by atoms with E-state index in [-0.39, 0.29) is 0 Å². The van der Waals surface area contributed by atoms with E-state index >= 15 is 0 Å².